The summed E-state index contributed by atoms with van der Waals surface area (Å²) in [7, 11) is 3.58. The topological polar surface area (TPSA) is 44.7 Å². The number of hydrogen-bond acceptors (Lipinski definition) is 3. The Hall–Kier alpha value is -2.27. The van der Waals surface area contributed by atoms with E-state index in [0.717, 1.165) is 36.2 Å². The summed E-state index contributed by atoms with van der Waals surface area (Å²) in [4.78, 5) is 19.2. The van der Waals surface area contributed by atoms with Crippen LogP contribution in [0.4, 0.5) is 5.69 Å². The normalized spacial score (nSPS) is 19.1. The molecule has 146 valence electrons. The average molecular weight is 394 g/mol. The zero-order chi connectivity index (χ0) is 19.6. The maximum Gasteiger partial charge on any atom is 0.253 e. The van der Waals surface area contributed by atoms with Gasteiger partial charge in [0.2, 0.25) is 0 Å². The minimum atomic E-state index is 0.0292. The van der Waals surface area contributed by atoms with E-state index in [4.69, 9.17) is 4.99 Å². The number of nitrogens with zero attached hydrogens (tertiary/aromatic N) is 2. The van der Waals surface area contributed by atoms with Crippen molar-refractivity contribution in [1.82, 2.24) is 4.90 Å². The van der Waals surface area contributed by atoms with Crippen molar-refractivity contribution in [2.75, 3.05) is 30.9 Å². The SMILES string of the molecule is CN(C)C(=O)c1ccccc1CN=C1Nc2ccccc2CC12CCSCC2. The van der Waals surface area contributed by atoms with Crippen molar-refractivity contribution in [3.8, 4) is 0 Å². The largest absolute Gasteiger partial charge is 0.345 e. The standard InChI is InChI=1S/C23H27N3OS/c1-26(2)21(27)19-9-5-3-8-18(19)16-24-22-23(11-13-28-14-12-23)15-17-7-4-6-10-20(17)25-22/h3-10H,11-16H2,1-2H3,(H,24,25). The summed E-state index contributed by atoms with van der Waals surface area (Å²) in [6, 6.07) is 16.4. The molecule has 0 unspecified atom stereocenters. The zero-order valence-corrected chi connectivity index (χ0v) is 17.4. The molecule has 1 amide bonds. The molecule has 1 saturated heterocycles. The summed E-state index contributed by atoms with van der Waals surface area (Å²) < 4.78 is 0. The molecule has 2 aliphatic rings. The van der Waals surface area contributed by atoms with Crippen LogP contribution in [0.15, 0.2) is 53.5 Å². The summed E-state index contributed by atoms with van der Waals surface area (Å²) in [5, 5.41) is 3.64. The number of fused-ring (bicyclic) bond motifs is 1. The Bertz CT molecular complexity index is 900. The highest BCUT2D eigenvalue weighted by Crippen LogP contribution is 2.44. The minimum absolute atomic E-state index is 0.0292. The Balaban J connectivity index is 1.67. The number of benzene rings is 2. The van der Waals surface area contributed by atoms with E-state index in [2.05, 4.69) is 29.6 Å². The Morgan fingerprint density at radius 1 is 1.11 bits per heavy atom. The highest BCUT2D eigenvalue weighted by Gasteiger charge is 2.41. The van der Waals surface area contributed by atoms with Gasteiger partial charge in [0.15, 0.2) is 0 Å². The second-order valence-electron chi connectivity index (χ2n) is 7.87. The number of rotatable bonds is 3. The molecule has 2 aliphatic heterocycles. The van der Waals surface area contributed by atoms with E-state index in [9.17, 15) is 4.79 Å². The second kappa shape index (κ2) is 8.00. The first-order chi connectivity index (χ1) is 13.6. The average Bonchev–Trinajstić information content (AvgIpc) is 2.72. The maximum absolute atomic E-state index is 12.5. The third-order valence-electron chi connectivity index (χ3n) is 5.81. The number of carbonyl (C=O) groups excluding carboxylic acids is 1. The van der Waals surface area contributed by atoms with Crippen LogP contribution in [-0.4, -0.2) is 42.2 Å². The predicted octanol–water partition coefficient (Wildman–Crippen LogP) is 4.47. The molecular weight excluding hydrogens is 366 g/mol. The minimum Gasteiger partial charge on any atom is -0.345 e. The van der Waals surface area contributed by atoms with Crippen LogP contribution >= 0.6 is 11.8 Å². The summed E-state index contributed by atoms with van der Waals surface area (Å²) >= 11 is 2.04. The monoisotopic (exact) mass is 393 g/mol. The van der Waals surface area contributed by atoms with E-state index in [-0.39, 0.29) is 11.3 Å². The molecule has 0 aliphatic carbocycles. The first-order valence-electron chi connectivity index (χ1n) is 9.86. The van der Waals surface area contributed by atoms with Gasteiger partial charge in [0.1, 0.15) is 5.84 Å². The number of nitrogens with one attached hydrogen (secondary N) is 1. The van der Waals surface area contributed by atoms with Crippen LogP contribution in [0.25, 0.3) is 0 Å². The van der Waals surface area contributed by atoms with Crippen molar-refractivity contribution in [2.45, 2.75) is 25.8 Å². The van der Waals surface area contributed by atoms with Gasteiger partial charge >= 0.3 is 0 Å². The van der Waals surface area contributed by atoms with Crippen molar-refractivity contribution < 1.29 is 4.79 Å². The number of hydrogen-bond donors (Lipinski definition) is 1. The molecule has 1 spiro atoms. The Labute approximate surface area is 171 Å². The van der Waals surface area contributed by atoms with Gasteiger partial charge in [-0.05, 0) is 54.0 Å². The molecule has 0 aromatic heterocycles. The third-order valence-corrected chi connectivity index (χ3v) is 6.80. The van der Waals surface area contributed by atoms with E-state index in [0.29, 0.717) is 6.54 Å². The molecule has 2 aromatic rings. The van der Waals surface area contributed by atoms with Gasteiger partial charge in [0, 0.05) is 30.8 Å². The van der Waals surface area contributed by atoms with Crippen molar-refractivity contribution >= 4 is 29.2 Å². The smallest absolute Gasteiger partial charge is 0.253 e. The van der Waals surface area contributed by atoms with Crippen LogP contribution in [0.2, 0.25) is 0 Å². The summed E-state index contributed by atoms with van der Waals surface area (Å²) in [6.07, 6.45) is 3.35. The van der Waals surface area contributed by atoms with Gasteiger partial charge in [-0.15, -0.1) is 0 Å². The first-order valence-corrected chi connectivity index (χ1v) is 11.0. The fraction of sp³-hybridized carbons (Fsp3) is 0.391. The lowest BCUT2D eigenvalue weighted by Gasteiger charge is -2.42. The molecule has 5 heteroatoms. The lowest BCUT2D eigenvalue weighted by molar-refractivity contribution is 0.0826. The summed E-state index contributed by atoms with van der Waals surface area (Å²) in [5.74, 6) is 3.48. The van der Waals surface area contributed by atoms with Crippen LogP contribution in [0, 0.1) is 5.41 Å². The number of para-hydroxylation sites is 1. The lowest BCUT2D eigenvalue weighted by Crippen LogP contribution is -2.44. The fourth-order valence-electron chi connectivity index (χ4n) is 4.16. The van der Waals surface area contributed by atoms with Crippen LogP contribution in [-0.2, 0) is 13.0 Å². The Morgan fingerprint density at radius 2 is 1.82 bits per heavy atom. The molecule has 0 atom stereocenters. The van der Waals surface area contributed by atoms with Gasteiger partial charge in [0.25, 0.3) is 5.91 Å². The molecule has 1 N–H and O–H groups in total. The molecule has 0 radical (unpaired) electrons. The van der Waals surface area contributed by atoms with Gasteiger partial charge < -0.3 is 10.2 Å². The number of thioether (sulfide) groups is 1. The second-order valence-corrected chi connectivity index (χ2v) is 9.10. The Kier molecular flexibility index (Phi) is 5.44. The summed E-state index contributed by atoms with van der Waals surface area (Å²) in [6.45, 7) is 0.523. The molecule has 2 heterocycles. The van der Waals surface area contributed by atoms with Gasteiger partial charge in [-0.3, -0.25) is 9.79 Å². The van der Waals surface area contributed by atoms with E-state index < -0.39 is 0 Å². The predicted molar refractivity (Wildman–Crippen MR) is 118 cm³/mol. The van der Waals surface area contributed by atoms with E-state index in [1.807, 2.05) is 36.0 Å². The summed E-state index contributed by atoms with van der Waals surface area (Å²) in [5.41, 5.74) is 4.37. The highest BCUT2D eigenvalue weighted by molar-refractivity contribution is 7.99. The molecule has 1 fully saturated rings. The lowest BCUT2D eigenvalue weighted by atomic mass is 9.73. The molecule has 0 saturated carbocycles. The van der Waals surface area contributed by atoms with Crippen LogP contribution in [0.3, 0.4) is 0 Å². The Morgan fingerprint density at radius 3 is 2.61 bits per heavy atom. The van der Waals surface area contributed by atoms with E-state index in [1.54, 1.807) is 19.0 Å². The van der Waals surface area contributed by atoms with Crippen LogP contribution < -0.4 is 5.32 Å². The fourth-order valence-corrected chi connectivity index (χ4v) is 5.43. The molecular formula is C23H27N3OS. The number of aliphatic imine (C=N–C) groups is 1. The van der Waals surface area contributed by atoms with E-state index in [1.165, 1.54) is 22.8 Å². The molecule has 4 nitrogen and oxygen atoms in total. The zero-order valence-electron chi connectivity index (χ0n) is 16.6. The van der Waals surface area contributed by atoms with Gasteiger partial charge in [-0.25, -0.2) is 0 Å². The highest BCUT2D eigenvalue weighted by atomic mass is 32.2. The van der Waals surface area contributed by atoms with Gasteiger partial charge in [-0.2, -0.15) is 11.8 Å². The first kappa shape index (κ1) is 19.1. The third kappa shape index (κ3) is 3.68. The molecule has 28 heavy (non-hydrogen) atoms. The number of amidine groups is 1. The molecule has 0 bridgehead atoms. The quantitative estimate of drug-likeness (QED) is 0.837. The van der Waals surface area contributed by atoms with Crippen molar-refractivity contribution in [1.29, 1.82) is 0 Å². The van der Waals surface area contributed by atoms with Crippen molar-refractivity contribution in [2.24, 2.45) is 10.4 Å². The van der Waals surface area contributed by atoms with Gasteiger partial charge in [-0.1, -0.05) is 36.4 Å². The van der Waals surface area contributed by atoms with Crippen LogP contribution in [0.1, 0.15) is 34.3 Å². The van der Waals surface area contributed by atoms with E-state index >= 15 is 0 Å². The maximum atomic E-state index is 12.5. The molecule has 4 rings (SSSR count). The number of carbonyl (C=O) groups is 1. The van der Waals surface area contributed by atoms with Crippen LogP contribution in [0.5, 0.6) is 0 Å². The number of amides is 1. The molecule has 2 aromatic carbocycles. The van der Waals surface area contributed by atoms with Crippen molar-refractivity contribution in [3.63, 3.8) is 0 Å². The number of anilines is 1. The van der Waals surface area contributed by atoms with Crippen molar-refractivity contribution in [3.05, 3.63) is 65.2 Å². The van der Waals surface area contributed by atoms with Gasteiger partial charge in [0.05, 0.1) is 6.54 Å².